The minimum Gasteiger partial charge on any atom is -0.379 e. The fourth-order valence-electron chi connectivity index (χ4n) is 2.73. The number of morpholine rings is 1. The van der Waals surface area contributed by atoms with Gasteiger partial charge in [0.1, 0.15) is 0 Å². The van der Waals surface area contributed by atoms with Crippen LogP contribution in [0.2, 0.25) is 0 Å². The summed E-state index contributed by atoms with van der Waals surface area (Å²) in [5, 5.41) is 2.25. The maximum atomic E-state index is 5.42. The maximum absolute atomic E-state index is 5.42. The Balaban J connectivity index is 1.82. The lowest BCUT2D eigenvalue weighted by molar-refractivity contribution is 0.0126. The molecule has 82 valence electrons. The molecule has 15 heavy (non-hydrogen) atoms. The minimum atomic E-state index is 0.684. The lowest BCUT2D eigenvalue weighted by Gasteiger charge is -2.36. The van der Waals surface area contributed by atoms with E-state index in [1.807, 2.05) is 11.3 Å². The van der Waals surface area contributed by atoms with E-state index in [4.69, 9.17) is 4.74 Å². The second-order valence-corrected chi connectivity index (χ2v) is 5.36. The van der Waals surface area contributed by atoms with E-state index < -0.39 is 0 Å². The van der Waals surface area contributed by atoms with E-state index in [0.717, 1.165) is 26.3 Å². The first-order valence-electron chi connectivity index (χ1n) is 5.83. The van der Waals surface area contributed by atoms with Gasteiger partial charge in [0.15, 0.2) is 0 Å². The predicted octanol–water partition coefficient (Wildman–Crippen LogP) is 2.46. The van der Waals surface area contributed by atoms with Gasteiger partial charge in [0, 0.05) is 24.0 Å². The van der Waals surface area contributed by atoms with Gasteiger partial charge in [-0.05, 0) is 36.3 Å². The molecule has 0 saturated carbocycles. The highest BCUT2D eigenvalue weighted by Gasteiger charge is 2.27. The van der Waals surface area contributed by atoms with Gasteiger partial charge in [-0.3, -0.25) is 4.90 Å². The van der Waals surface area contributed by atoms with Crippen molar-refractivity contribution in [1.29, 1.82) is 0 Å². The van der Waals surface area contributed by atoms with Crippen molar-refractivity contribution >= 4 is 11.3 Å². The van der Waals surface area contributed by atoms with Crippen LogP contribution in [0.4, 0.5) is 0 Å². The molecule has 1 aromatic rings. The Hall–Kier alpha value is -0.380. The van der Waals surface area contributed by atoms with E-state index in [2.05, 4.69) is 16.3 Å². The second-order valence-electron chi connectivity index (χ2n) is 4.36. The summed E-state index contributed by atoms with van der Waals surface area (Å²) in [6.07, 6.45) is 3.99. The summed E-state index contributed by atoms with van der Waals surface area (Å²) in [6.45, 7) is 4.05. The summed E-state index contributed by atoms with van der Waals surface area (Å²) in [4.78, 5) is 4.23. The number of hydrogen-bond acceptors (Lipinski definition) is 3. The average Bonchev–Trinajstić information content (AvgIpc) is 2.78. The third-order valence-corrected chi connectivity index (χ3v) is 4.50. The fourth-order valence-corrected chi connectivity index (χ4v) is 3.71. The largest absolute Gasteiger partial charge is 0.379 e. The summed E-state index contributed by atoms with van der Waals surface area (Å²) >= 11 is 1.94. The Kier molecular flexibility index (Phi) is 2.77. The summed E-state index contributed by atoms with van der Waals surface area (Å²) in [6, 6.07) is 3.02. The highest BCUT2D eigenvalue weighted by Crippen LogP contribution is 2.37. The molecule has 0 amide bonds. The van der Waals surface area contributed by atoms with Crippen LogP contribution < -0.4 is 0 Å². The van der Waals surface area contributed by atoms with E-state index >= 15 is 0 Å². The van der Waals surface area contributed by atoms with Gasteiger partial charge in [0.05, 0.1) is 13.2 Å². The number of rotatable bonds is 1. The molecule has 1 aliphatic carbocycles. The number of fused-ring (bicyclic) bond motifs is 1. The Morgan fingerprint density at radius 3 is 3.07 bits per heavy atom. The van der Waals surface area contributed by atoms with Crippen LogP contribution in [0.5, 0.6) is 0 Å². The molecule has 2 heterocycles. The van der Waals surface area contributed by atoms with Crippen LogP contribution in [0.1, 0.15) is 29.3 Å². The van der Waals surface area contributed by atoms with Crippen LogP contribution in [-0.4, -0.2) is 31.2 Å². The van der Waals surface area contributed by atoms with Crippen molar-refractivity contribution in [2.24, 2.45) is 0 Å². The van der Waals surface area contributed by atoms with Crippen LogP contribution in [0.3, 0.4) is 0 Å². The Morgan fingerprint density at radius 1 is 1.33 bits per heavy atom. The zero-order chi connectivity index (χ0) is 10.1. The average molecular weight is 223 g/mol. The van der Waals surface area contributed by atoms with Crippen molar-refractivity contribution in [3.8, 4) is 0 Å². The molecular weight excluding hydrogens is 206 g/mol. The second kappa shape index (κ2) is 4.24. The molecule has 1 saturated heterocycles. The number of hydrogen-bond donors (Lipinski definition) is 0. The zero-order valence-corrected chi connectivity index (χ0v) is 9.76. The monoisotopic (exact) mass is 223 g/mol. The van der Waals surface area contributed by atoms with Gasteiger partial charge >= 0.3 is 0 Å². The van der Waals surface area contributed by atoms with Crippen LogP contribution in [0.25, 0.3) is 0 Å². The van der Waals surface area contributed by atoms with Gasteiger partial charge < -0.3 is 4.74 Å². The maximum Gasteiger partial charge on any atom is 0.0594 e. The van der Waals surface area contributed by atoms with E-state index in [1.165, 1.54) is 19.3 Å². The van der Waals surface area contributed by atoms with Crippen LogP contribution in [0, 0.1) is 0 Å². The van der Waals surface area contributed by atoms with Crippen molar-refractivity contribution in [2.75, 3.05) is 26.3 Å². The molecular formula is C12H17NOS. The van der Waals surface area contributed by atoms with E-state index in [-0.39, 0.29) is 0 Å². The van der Waals surface area contributed by atoms with Gasteiger partial charge in [-0.15, -0.1) is 11.3 Å². The first-order chi connectivity index (χ1) is 7.45. The lowest BCUT2D eigenvalue weighted by atomic mass is 9.92. The number of ether oxygens (including phenoxy) is 1. The lowest BCUT2D eigenvalue weighted by Crippen LogP contribution is -2.39. The third kappa shape index (κ3) is 1.84. The van der Waals surface area contributed by atoms with Crippen molar-refractivity contribution in [2.45, 2.75) is 25.3 Å². The summed E-state index contributed by atoms with van der Waals surface area (Å²) in [5.74, 6) is 0. The quantitative estimate of drug-likeness (QED) is 0.725. The fraction of sp³-hybridized carbons (Fsp3) is 0.667. The number of aryl methyl sites for hydroxylation is 1. The first kappa shape index (κ1) is 9.82. The van der Waals surface area contributed by atoms with Crippen LogP contribution in [0.15, 0.2) is 11.4 Å². The van der Waals surface area contributed by atoms with E-state index in [1.54, 1.807) is 10.4 Å². The van der Waals surface area contributed by atoms with Gasteiger partial charge in [0.25, 0.3) is 0 Å². The molecule has 3 heteroatoms. The standard InChI is InChI=1S/C12H17NOS/c1-2-11(13-5-7-14-8-6-13)10-4-9-15-12(10)3-1/h4,9,11H,1-3,5-8H2. The topological polar surface area (TPSA) is 12.5 Å². The first-order valence-corrected chi connectivity index (χ1v) is 6.71. The molecule has 1 aliphatic heterocycles. The molecule has 0 spiro atoms. The molecule has 0 bridgehead atoms. The summed E-state index contributed by atoms with van der Waals surface area (Å²) < 4.78 is 5.42. The molecule has 2 aliphatic rings. The van der Waals surface area contributed by atoms with E-state index in [9.17, 15) is 0 Å². The molecule has 0 aromatic carbocycles. The van der Waals surface area contributed by atoms with Crippen molar-refractivity contribution in [1.82, 2.24) is 4.90 Å². The van der Waals surface area contributed by atoms with Gasteiger partial charge in [-0.1, -0.05) is 0 Å². The number of thiophene rings is 1. The van der Waals surface area contributed by atoms with Crippen molar-refractivity contribution in [3.05, 3.63) is 21.9 Å². The highest BCUT2D eigenvalue weighted by atomic mass is 32.1. The molecule has 3 rings (SSSR count). The normalized spacial score (nSPS) is 27.6. The molecule has 1 unspecified atom stereocenters. The molecule has 1 aromatic heterocycles. The van der Waals surface area contributed by atoms with Gasteiger partial charge in [0.2, 0.25) is 0 Å². The van der Waals surface area contributed by atoms with Crippen LogP contribution in [-0.2, 0) is 11.2 Å². The number of nitrogens with zero attached hydrogens (tertiary/aromatic N) is 1. The van der Waals surface area contributed by atoms with Gasteiger partial charge in [-0.2, -0.15) is 0 Å². The summed E-state index contributed by atoms with van der Waals surface area (Å²) in [7, 11) is 0. The molecule has 1 fully saturated rings. The smallest absolute Gasteiger partial charge is 0.0594 e. The summed E-state index contributed by atoms with van der Waals surface area (Å²) in [5.41, 5.74) is 1.60. The van der Waals surface area contributed by atoms with E-state index in [0.29, 0.717) is 6.04 Å². The zero-order valence-electron chi connectivity index (χ0n) is 8.95. The molecule has 0 N–H and O–H groups in total. The van der Waals surface area contributed by atoms with Crippen LogP contribution >= 0.6 is 11.3 Å². The molecule has 1 atom stereocenters. The highest BCUT2D eigenvalue weighted by molar-refractivity contribution is 7.10. The Labute approximate surface area is 94.9 Å². The Morgan fingerprint density at radius 2 is 2.20 bits per heavy atom. The predicted molar refractivity (Wildman–Crippen MR) is 62.4 cm³/mol. The van der Waals surface area contributed by atoms with Crippen molar-refractivity contribution < 1.29 is 4.74 Å². The minimum absolute atomic E-state index is 0.684. The molecule has 0 radical (unpaired) electrons. The van der Waals surface area contributed by atoms with Crippen molar-refractivity contribution in [3.63, 3.8) is 0 Å². The SMILES string of the molecule is c1cc2c(s1)CCCC2N1CCOCC1. The molecule has 2 nitrogen and oxygen atoms in total. The third-order valence-electron chi connectivity index (χ3n) is 3.51. The van der Waals surface area contributed by atoms with Gasteiger partial charge in [-0.25, -0.2) is 0 Å². The Bertz CT molecular complexity index is 330.